The first-order chi connectivity index (χ1) is 13.1. The molecule has 0 aliphatic carbocycles. The largest absolute Gasteiger partial charge is 0.346 e. The molecule has 4 rings (SSSR count). The molecule has 0 radical (unpaired) electrons. The molecule has 0 fully saturated rings. The lowest BCUT2D eigenvalue weighted by molar-refractivity contribution is 0.0956. The van der Waals surface area contributed by atoms with E-state index in [1.807, 2.05) is 50.2 Å². The van der Waals surface area contributed by atoms with Crippen LogP contribution in [0.25, 0.3) is 21.8 Å². The Morgan fingerprint density at radius 2 is 1.81 bits per heavy atom. The Labute approximate surface area is 169 Å². The number of carbonyl (C=O) groups excluding carboxylic acids is 1. The van der Waals surface area contributed by atoms with Crippen molar-refractivity contribution in [1.82, 2.24) is 15.3 Å². The number of amides is 1. The number of aryl methyl sites for hydroxylation is 2. The number of benzene rings is 1. The maximum absolute atomic E-state index is 12.8. The molecule has 0 aliphatic rings. The molecule has 136 valence electrons. The lowest BCUT2D eigenvalue weighted by atomic mass is 10.1. The highest BCUT2D eigenvalue weighted by atomic mass is 32.1. The average molecular weight is 412 g/mol. The first kappa shape index (κ1) is 18.0. The molecule has 0 saturated heterocycles. The molecule has 0 unspecified atom stereocenters. The van der Waals surface area contributed by atoms with Crippen LogP contribution in [0.5, 0.6) is 0 Å². The third-order valence-corrected chi connectivity index (χ3v) is 6.79. The first-order valence-electron chi connectivity index (χ1n) is 8.42. The molecule has 1 aromatic carbocycles. The van der Waals surface area contributed by atoms with Crippen molar-refractivity contribution < 1.29 is 4.79 Å². The highest BCUT2D eigenvalue weighted by Crippen LogP contribution is 2.30. The Balaban J connectivity index is 1.49. The monoisotopic (exact) mass is 411 g/mol. The molecule has 7 heteroatoms. The number of aromatic nitrogens is 2. The molecule has 4 nitrogen and oxygen atoms in total. The van der Waals surface area contributed by atoms with Crippen LogP contribution in [0.2, 0.25) is 0 Å². The predicted molar refractivity (Wildman–Crippen MR) is 114 cm³/mol. The van der Waals surface area contributed by atoms with Gasteiger partial charge in [0, 0.05) is 15.8 Å². The minimum absolute atomic E-state index is 0.0843. The summed E-state index contributed by atoms with van der Waals surface area (Å²) in [4.78, 5) is 24.7. The summed E-state index contributed by atoms with van der Waals surface area (Å²) >= 11 is 4.73. The van der Waals surface area contributed by atoms with E-state index >= 15 is 0 Å². The number of hydrogen-bond acceptors (Lipinski definition) is 6. The Morgan fingerprint density at radius 1 is 1.00 bits per heavy atom. The number of nitrogens with one attached hydrogen (secondary N) is 1. The Morgan fingerprint density at radius 3 is 2.56 bits per heavy atom. The van der Waals surface area contributed by atoms with Crippen molar-refractivity contribution in [1.29, 1.82) is 0 Å². The van der Waals surface area contributed by atoms with Crippen molar-refractivity contribution in [2.75, 3.05) is 0 Å². The summed E-state index contributed by atoms with van der Waals surface area (Å²) < 4.78 is 0. The van der Waals surface area contributed by atoms with E-state index in [1.165, 1.54) is 11.3 Å². The number of nitrogens with zero attached hydrogens (tertiary/aromatic N) is 2. The van der Waals surface area contributed by atoms with Gasteiger partial charge in [-0.2, -0.15) is 0 Å². The number of thiazole rings is 2. The standard InChI is InChI=1S/C20H17N3OS3/c1-12-22-16(11-25-12)17-9-8-15(27-17)10-21-20(24)19-18(23-13(2)26-19)14-6-4-3-5-7-14/h3-9,11H,10H2,1-2H3,(H,21,24). The van der Waals surface area contributed by atoms with Crippen LogP contribution in [0, 0.1) is 13.8 Å². The third kappa shape index (κ3) is 4.00. The highest BCUT2D eigenvalue weighted by molar-refractivity contribution is 7.16. The lowest BCUT2D eigenvalue weighted by Crippen LogP contribution is -2.21. The second-order valence-electron chi connectivity index (χ2n) is 5.98. The van der Waals surface area contributed by atoms with Crippen molar-refractivity contribution in [3.8, 4) is 21.8 Å². The molecule has 1 amide bonds. The fourth-order valence-corrected chi connectivity index (χ4v) is 5.16. The summed E-state index contributed by atoms with van der Waals surface area (Å²) in [7, 11) is 0. The van der Waals surface area contributed by atoms with E-state index in [4.69, 9.17) is 0 Å². The quantitative estimate of drug-likeness (QED) is 0.469. The number of thiophene rings is 1. The molecule has 3 heterocycles. The zero-order valence-electron chi connectivity index (χ0n) is 14.9. The zero-order valence-corrected chi connectivity index (χ0v) is 17.3. The van der Waals surface area contributed by atoms with Gasteiger partial charge < -0.3 is 5.32 Å². The van der Waals surface area contributed by atoms with Crippen LogP contribution in [0.15, 0.2) is 47.8 Å². The lowest BCUT2D eigenvalue weighted by Gasteiger charge is -2.04. The van der Waals surface area contributed by atoms with E-state index in [2.05, 4.69) is 26.7 Å². The minimum atomic E-state index is -0.0843. The van der Waals surface area contributed by atoms with Crippen LogP contribution < -0.4 is 5.32 Å². The first-order valence-corrected chi connectivity index (χ1v) is 10.9. The molecule has 3 aromatic heterocycles. The van der Waals surface area contributed by atoms with Gasteiger partial charge >= 0.3 is 0 Å². The molecule has 0 bridgehead atoms. The van der Waals surface area contributed by atoms with Crippen molar-refractivity contribution in [3.05, 3.63) is 67.6 Å². The fraction of sp³-hybridized carbons (Fsp3) is 0.150. The third-order valence-electron chi connectivity index (χ3n) is 3.94. The van der Waals surface area contributed by atoms with Gasteiger partial charge in [0.15, 0.2) is 0 Å². The average Bonchev–Trinajstić information content (AvgIpc) is 3.40. The van der Waals surface area contributed by atoms with E-state index in [-0.39, 0.29) is 5.91 Å². The predicted octanol–water partition coefficient (Wildman–Crippen LogP) is 5.54. The molecule has 4 aromatic rings. The fourth-order valence-electron chi connectivity index (χ4n) is 2.71. The summed E-state index contributed by atoms with van der Waals surface area (Å²) in [5, 5.41) is 7.04. The van der Waals surface area contributed by atoms with Gasteiger partial charge in [-0.3, -0.25) is 4.79 Å². The summed E-state index contributed by atoms with van der Waals surface area (Å²) in [5.41, 5.74) is 2.72. The molecule has 0 atom stereocenters. The van der Waals surface area contributed by atoms with Crippen LogP contribution in [-0.2, 0) is 6.54 Å². The molecule has 0 saturated carbocycles. The van der Waals surface area contributed by atoms with E-state index in [9.17, 15) is 4.79 Å². The second-order valence-corrected chi connectivity index (χ2v) is 9.41. The molecular weight excluding hydrogens is 394 g/mol. The Hall–Kier alpha value is -2.35. The number of carbonyl (C=O) groups is 1. The summed E-state index contributed by atoms with van der Waals surface area (Å²) in [6.45, 7) is 4.43. The van der Waals surface area contributed by atoms with Crippen molar-refractivity contribution in [3.63, 3.8) is 0 Å². The number of rotatable bonds is 5. The molecule has 27 heavy (non-hydrogen) atoms. The van der Waals surface area contributed by atoms with Crippen molar-refractivity contribution >= 4 is 39.9 Å². The van der Waals surface area contributed by atoms with Crippen LogP contribution in [-0.4, -0.2) is 15.9 Å². The molecule has 0 spiro atoms. The molecular formula is C20H17N3OS3. The number of hydrogen-bond donors (Lipinski definition) is 1. The van der Waals surface area contributed by atoms with E-state index in [0.29, 0.717) is 11.4 Å². The molecule has 1 N–H and O–H groups in total. The molecule has 0 aliphatic heterocycles. The zero-order chi connectivity index (χ0) is 18.8. The summed E-state index contributed by atoms with van der Waals surface area (Å²) in [6, 6.07) is 13.9. The van der Waals surface area contributed by atoms with Crippen LogP contribution in [0.1, 0.15) is 24.6 Å². The topological polar surface area (TPSA) is 54.9 Å². The van der Waals surface area contributed by atoms with Gasteiger partial charge in [0.25, 0.3) is 5.91 Å². The van der Waals surface area contributed by atoms with E-state index < -0.39 is 0 Å². The SMILES string of the molecule is Cc1nc(-c2ccc(CNC(=O)c3sc(C)nc3-c3ccccc3)s2)cs1. The Bertz CT molecular complexity index is 1080. The normalized spacial score (nSPS) is 10.9. The maximum atomic E-state index is 12.8. The summed E-state index contributed by atoms with van der Waals surface area (Å²) in [6.07, 6.45) is 0. The van der Waals surface area contributed by atoms with Gasteiger partial charge in [0.05, 0.1) is 32.8 Å². The smallest absolute Gasteiger partial charge is 0.263 e. The van der Waals surface area contributed by atoms with Crippen molar-refractivity contribution in [2.24, 2.45) is 0 Å². The van der Waals surface area contributed by atoms with Crippen LogP contribution >= 0.6 is 34.0 Å². The van der Waals surface area contributed by atoms with E-state index in [1.54, 1.807) is 22.7 Å². The van der Waals surface area contributed by atoms with Crippen molar-refractivity contribution in [2.45, 2.75) is 20.4 Å². The van der Waals surface area contributed by atoms with Crippen LogP contribution in [0.3, 0.4) is 0 Å². The summed E-state index contributed by atoms with van der Waals surface area (Å²) in [5.74, 6) is -0.0843. The van der Waals surface area contributed by atoms with Crippen LogP contribution in [0.4, 0.5) is 0 Å². The van der Waals surface area contributed by atoms with Gasteiger partial charge in [-0.15, -0.1) is 34.0 Å². The highest BCUT2D eigenvalue weighted by Gasteiger charge is 2.18. The van der Waals surface area contributed by atoms with Gasteiger partial charge in [0.1, 0.15) is 4.88 Å². The van der Waals surface area contributed by atoms with Gasteiger partial charge in [-0.1, -0.05) is 30.3 Å². The van der Waals surface area contributed by atoms with Gasteiger partial charge in [-0.25, -0.2) is 9.97 Å². The second kappa shape index (κ2) is 7.72. The maximum Gasteiger partial charge on any atom is 0.263 e. The Kier molecular flexibility index (Phi) is 5.15. The van der Waals surface area contributed by atoms with E-state index in [0.717, 1.165) is 36.7 Å². The van der Waals surface area contributed by atoms with Gasteiger partial charge in [-0.05, 0) is 26.0 Å². The minimum Gasteiger partial charge on any atom is -0.346 e. The van der Waals surface area contributed by atoms with Gasteiger partial charge in [0.2, 0.25) is 0 Å².